The van der Waals surface area contributed by atoms with Gasteiger partial charge in [-0.25, -0.2) is 17.8 Å². The van der Waals surface area contributed by atoms with E-state index in [1.165, 1.54) is 38.1 Å². The molecule has 0 aliphatic heterocycles. The fourth-order valence-electron chi connectivity index (χ4n) is 2.78. The van der Waals surface area contributed by atoms with Gasteiger partial charge in [0.25, 0.3) is 15.9 Å². The maximum atomic E-state index is 13.8. The molecule has 14 heteroatoms. The van der Waals surface area contributed by atoms with Crippen LogP contribution >= 0.6 is 34.8 Å². The Hall–Kier alpha value is -2.34. The SMILES string of the molecule is Cc1cc(S(=O)(=O)NC(=O)c2nnn(-c3ccc(Cl)cc3Cl)c2C(F)(F)F)c(C)cc1Cl. The van der Waals surface area contributed by atoms with Gasteiger partial charge in [0.05, 0.1) is 15.6 Å². The first-order chi connectivity index (χ1) is 14.7. The van der Waals surface area contributed by atoms with Crippen LogP contribution in [-0.4, -0.2) is 29.3 Å². The molecule has 1 heterocycles. The highest BCUT2D eigenvalue weighted by Crippen LogP contribution is 2.35. The molecule has 1 aromatic heterocycles. The molecule has 3 rings (SSSR count). The van der Waals surface area contributed by atoms with Gasteiger partial charge in [-0.1, -0.05) is 40.0 Å². The number of halogens is 6. The van der Waals surface area contributed by atoms with Crippen molar-refractivity contribution in [2.75, 3.05) is 0 Å². The van der Waals surface area contributed by atoms with Gasteiger partial charge in [-0.3, -0.25) is 4.79 Å². The second-order valence-corrected chi connectivity index (χ2v) is 9.50. The summed E-state index contributed by atoms with van der Waals surface area (Å²) in [5, 5.41) is 6.86. The topological polar surface area (TPSA) is 93.9 Å². The lowest BCUT2D eigenvalue weighted by molar-refractivity contribution is -0.143. The number of amides is 1. The first kappa shape index (κ1) is 24.3. The summed E-state index contributed by atoms with van der Waals surface area (Å²) in [5.41, 5.74) is -2.55. The molecule has 0 saturated carbocycles. The Labute approximate surface area is 195 Å². The lowest BCUT2D eigenvalue weighted by Crippen LogP contribution is -2.33. The molecule has 0 radical (unpaired) electrons. The summed E-state index contributed by atoms with van der Waals surface area (Å²) in [6, 6.07) is 6.14. The minimum absolute atomic E-state index is 0.158. The van der Waals surface area contributed by atoms with Crippen LogP contribution < -0.4 is 4.72 Å². The van der Waals surface area contributed by atoms with Crippen molar-refractivity contribution in [1.29, 1.82) is 0 Å². The molecule has 1 N–H and O–H groups in total. The number of nitrogens with one attached hydrogen (secondary N) is 1. The number of nitrogens with zero attached hydrogens (tertiary/aromatic N) is 3. The van der Waals surface area contributed by atoms with Gasteiger partial charge in [-0.15, -0.1) is 5.10 Å². The fraction of sp³-hybridized carbons (Fsp3) is 0.167. The standard InChI is InChI=1S/C18H12Cl3F3N4O3S/c1-8-6-14(9(2)5-11(8)20)32(30,31)26-17(29)15-16(18(22,23)24)28(27-25-15)13-4-3-10(19)7-12(13)21/h3-7H,1-2H3,(H,26,29). The summed E-state index contributed by atoms with van der Waals surface area (Å²) in [5.74, 6) is -1.62. The van der Waals surface area contributed by atoms with Crippen molar-refractivity contribution < 1.29 is 26.4 Å². The third-order valence-electron chi connectivity index (χ3n) is 4.26. The number of hydrogen-bond donors (Lipinski definition) is 1. The third-order valence-corrected chi connectivity index (χ3v) is 6.68. The largest absolute Gasteiger partial charge is 0.435 e. The van der Waals surface area contributed by atoms with Gasteiger partial charge in [-0.05, 0) is 55.3 Å². The van der Waals surface area contributed by atoms with E-state index in [-0.39, 0.29) is 35.9 Å². The van der Waals surface area contributed by atoms with Crippen molar-refractivity contribution in [1.82, 2.24) is 19.7 Å². The minimum atomic E-state index is -5.13. The van der Waals surface area contributed by atoms with E-state index in [0.29, 0.717) is 5.56 Å². The van der Waals surface area contributed by atoms with E-state index in [2.05, 4.69) is 10.3 Å². The van der Waals surface area contributed by atoms with Crippen molar-refractivity contribution in [2.24, 2.45) is 0 Å². The predicted octanol–water partition coefficient (Wildman–Crippen LogP) is 4.98. The zero-order valence-corrected chi connectivity index (χ0v) is 19.2. The molecule has 7 nitrogen and oxygen atoms in total. The monoisotopic (exact) mass is 526 g/mol. The van der Waals surface area contributed by atoms with Gasteiger partial charge >= 0.3 is 6.18 Å². The number of carbonyl (C=O) groups is 1. The second-order valence-electron chi connectivity index (χ2n) is 6.59. The van der Waals surface area contributed by atoms with Gasteiger partial charge in [0.1, 0.15) is 0 Å². The average molecular weight is 528 g/mol. The molecule has 2 aromatic carbocycles. The number of alkyl halides is 3. The van der Waals surface area contributed by atoms with Crippen molar-refractivity contribution in [3.05, 3.63) is 67.9 Å². The van der Waals surface area contributed by atoms with E-state index in [4.69, 9.17) is 34.8 Å². The summed E-state index contributed by atoms with van der Waals surface area (Å²) in [7, 11) is -4.56. The highest BCUT2D eigenvalue weighted by Gasteiger charge is 2.43. The van der Waals surface area contributed by atoms with Crippen molar-refractivity contribution in [3.8, 4) is 5.69 Å². The molecular weight excluding hydrogens is 516 g/mol. The zero-order chi connectivity index (χ0) is 24.0. The van der Waals surface area contributed by atoms with Crippen LogP contribution in [0.3, 0.4) is 0 Å². The van der Waals surface area contributed by atoms with Crippen LogP contribution in [0.2, 0.25) is 15.1 Å². The first-order valence-electron chi connectivity index (χ1n) is 8.54. The lowest BCUT2D eigenvalue weighted by atomic mass is 10.2. The van der Waals surface area contributed by atoms with Gasteiger partial charge in [0.2, 0.25) is 0 Å². The highest BCUT2D eigenvalue weighted by atomic mass is 35.5. The van der Waals surface area contributed by atoms with Crippen molar-refractivity contribution >= 4 is 50.7 Å². The number of carbonyl (C=O) groups excluding carboxylic acids is 1. The Morgan fingerprint density at radius 2 is 1.69 bits per heavy atom. The number of aromatic nitrogens is 3. The Balaban J connectivity index is 2.08. The van der Waals surface area contributed by atoms with Crippen LogP contribution in [0.1, 0.15) is 27.3 Å². The molecule has 0 aliphatic rings. The smallest absolute Gasteiger partial charge is 0.266 e. The van der Waals surface area contributed by atoms with E-state index in [0.717, 1.165) is 6.07 Å². The molecule has 0 fully saturated rings. The minimum Gasteiger partial charge on any atom is -0.266 e. The number of aryl methyl sites for hydroxylation is 2. The summed E-state index contributed by atoms with van der Waals surface area (Å²) < 4.78 is 68.7. The summed E-state index contributed by atoms with van der Waals surface area (Å²) in [6.07, 6.45) is -5.13. The normalized spacial score (nSPS) is 12.1. The quantitative estimate of drug-likeness (QED) is 0.516. The molecule has 0 atom stereocenters. The Morgan fingerprint density at radius 3 is 2.28 bits per heavy atom. The molecule has 0 unspecified atom stereocenters. The predicted molar refractivity (Wildman–Crippen MR) is 112 cm³/mol. The lowest BCUT2D eigenvalue weighted by Gasteiger charge is -2.13. The summed E-state index contributed by atoms with van der Waals surface area (Å²) >= 11 is 17.7. The van der Waals surface area contributed by atoms with Crippen molar-refractivity contribution in [3.63, 3.8) is 0 Å². The molecule has 0 spiro atoms. The Morgan fingerprint density at radius 1 is 1.03 bits per heavy atom. The van der Waals surface area contributed by atoms with E-state index in [9.17, 15) is 26.4 Å². The van der Waals surface area contributed by atoms with E-state index in [1.54, 1.807) is 4.72 Å². The number of benzene rings is 2. The Kier molecular flexibility index (Phi) is 6.49. The Bertz CT molecular complexity index is 1340. The second kappa shape index (κ2) is 8.54. The van der Waals surface area contributed by atoms with Crippen LogP contribution in [0.4, 0.5) is 13.2 Å². The maximum Gasteiger partial charge on any atom is 0.435 e. The van der Waals surface area contributed by atoms with Gasteiger partial charge in [0, 0.05) is 10.0 Å². The molecular formula is C18H12Cl3F3N4O3S. The van der Waals surface area contributed by atoms with E-state index in [1.807, 2.05) is 0 Å². The highest BCUT2D eigenvalue weighted by molar-refractivity contribution is 7.90. The van der Waals surface area contributed by atoms with Crippen LogP contribution in [-0.2, 0) is 16.2 Å². The van der Waals surface area contributed by atoms with E-state index < -0.39 is 33.5 Å². The molecule has 32 heavy (non-hydrogen) atoms. The average Bonchev–Trinajstić information content (AvgIpc) is 3.09. The maximum absolute atomic E-state index is 13.8. The molecule has 0 saturated heterocycles. The van der Waals surface area contributed by atoms with Crippen molar-refractivity contribution in [2.45, 2.75) is 24.9 Å². The first-order valence-corrected chi connectivity index (χ1v) is 11.2. The molecule has 0 aliphatic carbocycles. The molecule has 0 bridgehead atoms. The zero-order valence-electron chi connectivity index (χ0n) is 16.1. The summed E-state index contributed by atoms with van der Waals surface area (Å²) in [4.78, 5) is 12.2. The molecule has 1 amide bonds. The van der Waals surface area contributed by atoms with Gasteiger partial charge in [-0.2, -0.15) is 13.2 Å². The van der Waals surface area contributed by atoms with Crippen LogP contribution in [0.25, 0.3) is 5.69 Å². The van der Waals surface area contributed by atoms with Crippen LogP contribution in [0.5, 0.6) is 0 Å². The fourth-order valence-corrected chi connectivity index (χ4v) is 4.75. The number of sulfonamides is 1. The van der Waals surface area contributed by atoms with Crippen LogP contribution in [0, 0.1) is 13.8 Å². The number of hydrogen-bond acceptors (Lipinski definition) is 5. The van der Waals surface area contributed by atoms with Crippen LogP contribution in [0.15, 0.2) is 35.2 Å². The van der Waals surface area contributed by atoms with Gasteiger partial charge in [0.15, 0.2) is 11.4 Å². The van der Waals surface area contributed by atoms with Gasteiger partial charge < -0.3 is 0 Å². The molecule has 170 valence electrons. The third kappa shape index (κ3) is 4.70. The number of rotatable bonds is 4. The summed E-state index contributed by atoms with van der Waals surface area (Å²) in [6.45, 7) is 2.95. The molecule has 3 aromatic rings. The van der Waals surface area contributed by atoms with E-state index >= 15 is 0 Å².